The maximum atomic E-state index is 15.3. The first-order valence-corrected chi connectivity index (χ1v) is 13.4. The van der Waals surface area contributed by atoms with Gasteiger partial charge < -0.3 is 5.11 Å². The number of benzene rings is 1. The van der Waals surface area contributed by atoms with Crippen molar-refractivity contribution < 1.29 is 18.7 Å². The lowest BCUT2D eigenvalue weighted by atomic mass is 9.50. The lowest BCUT2D eigenvalue weighted by molar-refractivity contribution is -0.213. The molecule has 5 heteroatoms. The van der Waals surface area contributed by atoms with Gasteiger partial charge in [0.05, 0.1) is 0 Å². The Labute approximate surface area is 217 Å². The van der Waals surface area contributed by atoms with Gasteiger partial charge in [0, 0.05) is 30.1 Å². The van der Waals surface area contributed by atoms with Crippen LogP contribution in [0.2, 0.25) is 0 Å². The highest BCUT2D eigenvalue weighted by Gasteiger charge is 2.70. The molecule has 1 heterocycles. The number of pyridine rings is 1. The van der Waals surface area contributed by atoms with E-state index in [1.165, 1.54) is 11.1 Å². The predicted octanol–water partition coefficient (Wildman–Crippen LogP) is 7.20. The first-order chi connectivity index (χ1) is 17.7. The molecule has 2 fully saturated rings. The summed E-state index contributed by atoms with van der Waals surface area (Å²) in [6.07, 6.45) is 9.96. The molecule has 6 rings (SSSR count). The van der Waals surface area contributed by atoms with Crippen LogP contribution in [0.3, 0.4) is 0 Å². The molecule has 0 amide bonds. The van der Waals surface area contributed by atoms with Crippen LogP contribution in [0.5, 0.6) is 0 Å². The molecule has 4 aliphatic rings. The van der Waals surface area contributed by atoms with Crippen molar-refractivity contribution in [1.82, 2.24) is 4.98 Å². The molecule has 4 aliphatic carbocycles. The van der Waals surface area contributed by atoms with Crippen LogP contribution in [0, 0.1) is 17.3 Å². The number of hydrogen-bond acceptors (Lipinski definition) is 3. The normalized spacial score (nSPS) is 33.4. The molecule has 3 nitrogen and oxygen atoms in total. The van der Waals surface area contributed by atoms with E-state index in [2.05, 4.69) is 35.8 Å². The van der Waals surface area contributed by atoms with Gasteiger partial charge in [-0.25, -0.2) is 0 Å². The third-order valence-corrected chi connectivity index (χ3v) is 10.0. The van der Waals surface area contributed by atoms with Crippen molar-refractivity contribution in [1.29, 1.82) is 0 Å². The molecule has 2 unspecified atom stereocenters. The summed E-state index contributed by atoms with van der Waals surface area (Å²) in [6.45, 7) is 5.27. The van der Waals surface area contributed by atoms with Gasteiger partial charge in [-0.05, 0) is 96.4 Å². The average Bonchev–Trinajstić information content (AvgIpc) is 3.20. The van der Waals surface area contributed by atoms with Crippen LogP contribution in [0.15, 0.2) is 84.2 Å². The topological polar surface area (TPSA) is 50.2 Å². The summed E-state index contributed by atoms with van der Waals surface area (Å²) < 4.78 is 30.7. The van der Waals surface area contributed by atoms with Gasteiger partial charge in [0.25, 0.3) is 5.92 Å². The van der Waals surface area contributed by atoms with Crippen LogP contribution >= 0.6 is 0 Å². The SMILES string of the molecule is C=CC(F)(F)[C@]1(O)CCC2C3CCC4=CC(=O)CCC4=C3[C@@H](c3ccc(-c4cccnc4)cc3)C[C@@]21C. The van der Waals surface area contributed by atoms with Crippen LogP contribution in [-0.2, 0) is 4.79 Å². The predicted molar refractivity (Wildman–Crippen MR) is 140 cm³/mol. The molecule has 192 valence electrons. The van der Waals surface area contributed by atoms with Gasteiger partial charge in [-0.3, -0.25) is 9.78 Å². The van der Waals surface area contributed by atoms with Crippen LogP contribution < -0.4 is 0 Å². The molecule has 0 aliphatic heterocycles. The number of carbonyl (C=O) groups is 1. The number of rotatable bonds is 4. The Morgan fingerprint density at radius 1 is 1.11 bits per heavy atom. The highest BCUT2D eigenvalue weighted by Crippen LogP contribution is 2.69. The van der Waals surface area contributed by atoms with Crippen LogP contribution in [0.4, 0.5) is 8.78 Å². The van der Waals surface area contributed by atoms with E-state index < -0.39 is 16.9 Å². The van der Waals surface area contributed by atoms with Crippen molar-refractivity contribution in [3.63, 3.8) is 0 Å². The molecule has 1 N–H and O–H groups in total. The van der Waals surface area contributed by atoms with Crippen molar-refractivity contribution in [2.45, 2.75) is 69.3 Å². The van der Waals surface area contributed by atoms with E-state index in [1.54, 1.807) is 6.20 Å². The number of aromatic nitrogens is 1. The number of alkyl halides is 2. The van der Waals surface area contributed by atoms with Gasteiger partial charge in [-0.2, -0.15) is 8.78 Å². The molecule has 2 saturated carbocycles. The lowest BCUT2D eigenvalue weighted by Crippen LogP contribution is -2.59. The maximum Gasteiger partial charge on any atom is 0.294 e. The lowest BCUT2D eigenvalue weighted by Gasteiger charge is -2.55. The van der Waals surface area contributed by atoms with E-state index in [-0.39, 0.29) is 30.0 Å². The van der Waals surface area contributed by atoms with E-state index >= 15 is 8.78 Å². The van der Waals surface area contributed by atoms with E-state index in [0.717, 1.165) is 41.5 Å². The molecule has 0 saturated heterocycles. The van der Waals surface area contributed by atoms with Gasteiger partial charge >= 0.3 is 0 Å². The second kappa shape index (κ2) is 8.56. The minimum Gasteiger partial charge on any atom is -0.383 e. The molecule has 37 heavy (non-hydrogen) atoms. The standard InChI is InChI=1S/C32H33F2NO2/c1-3-32(33,34)31(37)15-14-28-26-12-10-22-17-24(36)11-13-25(22)29(26)27(18-30(28,31)2)21-8-6-20(7-9-21)23-5-4-16-35-19-23/h3-9,16-17,19,26-28,37H,1,10-15,18H2,2H3/t26?,27-,28?,30+,31+/m1/s1. The number of halogens is 2. The Hall–Kier alpha value is -2.92. The second-order valence-corrected chi connectivity index (χ2v) is 11.6. The fraction of sp³-hybridized carbons (Fsp3) is 0.438. The number of allylic oxidation sites excluding steroid dienone is 4. The van der Waals surface area contributed by atoms with E-state index in [0.29, 0.717) is 25.3 Å². The number of aliphatic hydroxyl groups is 1. The first kappa shape index (κ1) is 24.4. The molecule has 5 atom stereocenters. The molecule has 2 aromatic rings. The summed E-state index contributed by atoms with van der Waals surface area (Å²) in [5, 5.41) is 11.7. The number of fused-ring (bicyclic) bond motifs is 4. The highest BCUT2D eigenvalue weighted by atomic mass is 19.3. The molecular formula is C32H33F2NO2. The summed E-state index contributed by atoms with van der Waals surface area (Å²) in [5.74, 6) is -3.19. The quantitative estimate of drug-likeness (QED) is 0.451. The average molecular weight is 502 g/mol. The molecule has 1 aromatic carbocycles. The Morgan fingerprint density at radius 2 is 1.89 bits per heavy atom. The highest BCUT2D eigenvalue weighted by molar-refractivity contribution is 5.93. The Morgan fingerprint density at radius 3 is 2.59 bits per heavy atom. The summed E-state index contributed by atoms with van der Waals surface area (Å²) in [4.78, 5) is 16.5. The smallest absolute Gasteiger partial charge is 0.294 e. The largest absolute Gasteiger partial charge is 0.383 e. The molecule has 0 radical (unpaired) electrons. The van der Waals surface area contributed by atoms with Gasteiger partial charge in [-0.1, -0.05) is 49.4 Å². The molecular weight excluding hydrogens is 468 g/mol. The first-order valence-electron chi connectivity index (χ1n) is 13.4. The van der Waals surface area contributed by atoms with Gasteiger partial charge in [0.15, 0.2) is 5.78 Å². The second-order valence-electron chi connectivity index (χ2n) is 11.6. The maximum absolute atomic E-state index is 15.3. The zero-order chi connectivity index (χ0) is 26.0. The minimum atomic E-state index is -3.37. The molecule has 0 bridgehead atoms. The number of carbonyl (C=O) groups excluding carboxylic acids is 1. The Balaban J connectivity index is 1.49. The Kier molecular flexibility index (Phi) is 5.65. The summed E-state index contributed by atoms with van der Waals surface area (Å²) in [7, 11) is 0. The van der Waals surface area contributed by atoms with Crippen molar-refractivity contribution in [2.24, 2.45) is 17.3 Å². The number of hydrogen-bond donors (Lipinski definition) is 1. The monoisotopic (exact) mass is 501 g/mol. The van der Waals surface area contributed by atoms with E-state index in [1.807, 2.05) is 31.3 Å². The van der Waals surface area contributed by atoms with Crippen LogP contribution in [0.25, 0.3) is 11.1 Å². The molecule has 0 spiro atoms. The van der Waals surface area contributed by atoms with Crippen LogP contribution in [0.1, 0.15) is 63.4 Å². The van der Waals surface area contributed by atoms with Gasteiger partial charge in [0.2, 0.25) is 0 Å². The van der Waals surface area contributed by atoms with Crippen molar-refractivity contribution in [3.05, 3.63) is 89.8 Å². The summed E-state index contributed by atoms with van der Waals surface area (Å²) in [6, 6.07) is 12.3. The number of nitrogens with zero attached hydrogens (tertiary/aromatic N) is 1. The third kappa shape index (κ3) is 3.53. The third-order valence-electron chi connectivity index (χ3n) is 10.0. The zero-order valence-corrected chi connectivity index (χ0v) is 21.2. The van der Waals surface area contributed by atoms with Crippen LogP contribution in [-0.4, -0.2) is 27.4 Å². The van der Waals surface area contributed by atoms with E-state index in [4.69, 9.17) is 0 Å². The summed E-state index contributed by atoms with van der Waals surface area (Å²) in [5.41, 5.74) is 3.79. The zero-order valence-electron chi connectivity index (χ0n) is 21.2. The Bertz CT molecular complexity index is 1310. The van der Waals surface area contributed by atoms with Gasteiger partial charge in [0.1, 0.15) is 5.60 Å². The van der Waals surface area contributed by atoms with Crippen molar-refractivity contribution in [2.75, 3.05) is 0 Å². The number of ketones is 1. The van der Waals surface area contributed by atoms with Crippen molar-refractivity contribution in [3.8, 4) is 11.1 Å². The van der Waals surface area contributed by atoms with Gasteiger partial charge in [-0.15, -0.1) is 0 Å². The molecule has 1 aromatic heterocycles. The fourth-order valence-electron chi connectivity index (χ4n) is 8.12. The summed E-state index contributed by atoms with van der Waals surface area (Å²) >= 11 is 0. The van der Waals surface area contributed by atoms with E-state index in [9.17, 15) is 9.90 Å². The fourth-order valence-corrected chi connectivity index (χ4v) is 8.12. The van der Waals surface area contributed by atoms with Crippen molar-refractivity contribution >= 4 is 5.78 Å². The minimum absolute atomic E-state index is 0.0316.